The van der Waals surface area contributed by atoms with Crippen molar-refractivity contribution in [3.63, 3.8) is 0 Å². The molecule has 0 radical (unpaired) electrons. The molecule has 3 N–H and O–H groups in total. The fourth-order valence-electron chi connectivity index (χ4n) is 2.63. The minimum Gasteiger partial charge on any atom is -0.326 e. The highest BCUT2D eigenvalue weighted by Crippen LogP contribution is 2.23. The van der Waals surface area contributed by atoms with Crippen molar-refractivity contribution in [2.45, 2.75) is 24.3 Å². The Morgan fingerprint density at radius 3 is 2.86 bits per heavy atom. The zero-order valence-electron chi connectivity index (χ0n) is 12.2. The number of hydrogen-bond acceptors (Lipinski definition) is 4. The number of rotatable bonds is 5. The third-order valence-corrected chi connectivity index (χ3v) is 6.21. The minimum atomic E-state index is -3.49. The summed E-state index contributed by atoms with van der Waals surface area (Å²) >= 11 is 3.32. The normalized spacial score (nSPS) is 20.6. The van der Waals surface area contributed by atoms with Crippen LogP contribution in [-0.2, 0) is 16.6 Å². The van der Waals surface area contributed by atoms with Gasteiger partial charge >= 0.3 is 0 Å². The Kier molecular flexibility index (Phi) is 5.79. The molecule has 1 aromatic rings. The second-order valence-electron chi connectivity index (χ2n) is 5.59. The molecule has 118 valence electrons. The maximum absolute atomic E-state index is 12.4. The lowest BCUT2D eigenvalue weighted by molar-refractivity contribution is 0.211. The highest BCUT2D eigenvalue weighted by atomic mass is 79.9. The number of benzene rings is 1. The number of halogens is 1. The van der Waals surface area contributed by atoms with Gasteiger partial charge in [-0.15, -0.1) is 0 Å². The first-order valence-electron chi connectivity index (χ1n) is 7.09. The average molecular weight is 376 g/mol. The molecule has 1 aliphatic heterocycles. The van der Waals surface area contributed by atoms with Crippen LogP contribution < -0.4 is 10.5 Å². The van der Waals surface area contributed by atoms with Crippen LogP contribution in [0.25, 0.3) is 0 Å². The van der Waals surface area contributed by atoms with Gasteiger partial charge in [0, 0.05) is 24.1 Å². The molecule has 0 amide bonds. The number of hydrogen-bond donors (Lipinski definition) is 2. The van der Waals surface area contributed by atoms with Crippen LogP contribution in [0.1, 0.15) is 18.4 Å². The molecule has 1 unspecified atom stereocenters. The average Bonchev–Trinajstić information content (AvgIpc) is 2.45. The van der Waals surface area contributed by atoms with Gasteiger partial charge in [0.15, 0.2) is 0 Å². The lowest BCUT2D eigenvalue weighted by Gasteiger charge is -2.29. The quantitative estimate of drug-likeness (QED) is 0.817. The zero-order chi connectivity index (χ0) is 15.5. The van der Waals surface area contributed by atoms with Gasteiger partial charge in [-0.25, -0.2) is 13.1 Å². The Labute approximate surface area is 135 Å². The zero-order valence-corrected chi connectivity index (χ0v) is 14.6. The number of nitrogens with one attached hydrogen (secondary N) is 1. The van der Waals surface area contributed by atoms with Crippen LogP contribution in [0, 0.1) is 5.92 Å². The monoisotopic (exact) mass is 375 g/mol. The molecule has 1 aromatic carbocycles. The van der Waals surface area contributed by atoms with Crippen LogP contribution in [0.3, 0.4) is 0 Å². The largest absolute Gasteiger partial charge is 0.326 e. The van der Waals surface area contributed by atoms with Crippen molar-refractivity contribution < 1.29 is 8.42 Å². The summed E-state index contributed by atoms with van der Waals surface area (Å²) in [7, 11) is -1.42. The topological polar surface area (TPSA) is 75.4 Å². The van der Waals surface area contributed by atoms with Crippen LogP contribution in [0.15, 0.2) is 27.6 Å². The van der Waals surface area contributed by atoms with Crippen LogP contribution in [0.5, 0.6) is 0 Å². The molecule has 2 rings (SSSR count). The summed E-state index contributed by atoms with van der Waals surface area (Å²) in [6, 6.07) is 5.10. The van der Waals surface area contributed by atoms with Gasteiger partial charge in [-0.3, -0.25) is 0 Å². The summed E-state index contributed by atoms with van der Waals surface area (Å²) in [6.45, 7) is 2.91. The molecule has 1 heterocycles. The summed E-state index contributed by atoms with van der Waals surface area (Å²) in [5.74, 6) is 0.376. The number of piperidine rings is 1. The molecule has 0 bridgehead atoms. The first kappa shape index (κ1) is 16.9. The third-order valence-electron chi connectivity index (χ3n) is 3.81. The number of likely N-dealkylation sites (tertiary alicyclic amines) is 1. The number of nitrogens with zero attached hydrogens (tertiary/aromatic N) is 1. The summed E-state index contributed by atoms with van der Waals surface area (Å²) < 4.78 is 28.1. The van der Waals surface area contributed by atoms with E-state index in [1.807, 2.05) is 0 Å². The summed E-state index contributed by atoms with van der Waals surface area (Å²) in [5, 5.41) is 0. The van der Waals surface area contributed by atoms with Crippen molar-refractivity contribution in [2.75, 3.05) is 26.7 Å². The summed E-state index contributed by atoms with van der Waals surface area (Å²) in [4.78, 5) is 2.51. The molecule has 1 saturated heterocycles. The maximum Gasteiger partial charge on any atom is 0.241 e. The van der Waals surface area contributed by atoms with Crippen LogP contribution in [-0.4, -0.2) is 40.0 Å². The van der Waals surface area contributed by atoms with Crippen LogP contribution in [0.2, 0.25) is 0 Å². The van der Waals surface area contributed by atoms with Crippen molar-refractivity contribution in [3.8, 4) is 0 Å². The second-order valence-corrected chi connectivity index (χ2v) is 8.18. The predicted molar refractivity (Wildman–Crippen MR) is 87.4 cm³/mol. The van der Waals surface area contributed by atoms with Gasteiger partial charge < -0.3 is 10.6 Å². The van der Waals surface area contributed by atoms with E-state index < -0.39 is 10.0 Å². The summed E-state index contributed by atoms with van der Waals surface area (Å²) in [6.07, 6.45) is 2.19. The van der Waals surface area contributed by atoms with Crippen molar-refractivity contribution in [3.05, 3.63) is 28.2 Å². The van der Waals surface area contributed by atoms with E-state index in [2.05, 4.69) is 32.6 Å². The first-order valence-corrected chi connectivity index (χ1v) is 9.36. The van der Waals surface area contributed by atoms with E-state index in [1.54, 1.807) is 18.2 Å². The predicted octanol–water partition coefficient (Wildman–Crippen LogP) is 1.53. The molecule has 0 aromatic heterocycles. The smallest absolute Gasteiger partial charge is 0.241 e. The molecule has 7 heteroatoms. The van der Waals surface area contributed by atoms with Crippen molar-refractivity contribution >= 4 is 26.0 Å². The second kappa shape index (κ2) is 7.19. The molecule has 0 aliphatic carbocycles. The van der Waals surface area contributed by atoms with E-state index in [0.717, 1.165) is 31.5 Å². The van der Waals surface area contributed by atoms with E-state index >= 15 is 0 Å². The number of sulfonamides is 1. The van der Waals surface area contributed by atoms with Gasteiger partial charge in [0.25, 0.3) is 0 Å². The molecular formula is C14H22BrN3O2S. The van der Waals surface area contributed by atoms with Gasteiger partial charge in [0.05, 0.1) is 4.90 Å². The molecule has 0 saturated carbocycles. The van der Waals surface area contributed by atoms with E-state index in [1.165, 1.54) is 0 Å². The summed E-state index contributed by atoms with van der Waals surface area (Å²) in [5.41, 5.74) is 6.45. The van der Waals surface area contributed by atoms with E-state index in [4.69, 9.17) is 5.73 Å². The molecule has 21 heavy (non-hydrogen) atoms. The Balaban J connectivity index is 2.04. The van der Waals surface area contributed by atoms with Gasteiger partial charge in [-0.1, -0.05) is 6.07 Å². The molecule has 0 spiro atoms. The molecule has 1 fully saturated rings. The highest BCUT2D eigenvalue weighted by molar-refractivity contribution is 9.10. The Morgan fingerprint density at radius 1 is 1.48 bits per heavy atom. The molecule has 1 atom stereocenters. The standard InChI is InChI=1S/C14H22BrN3O2S/c1-18-6-2-3-12(10-18)9-17-21(19,20)14-5-4-11(8-16)7-13(14)15/h4-5,7,12,17H,2-3,6,8-10,16H2,1H3. The van der Waals surface area contributed by atoms with E-state index in [9.17, 15) is 8.42 Å². The Morgan fingerprint density at radius 2 is 2.24 bits per heavy atom. The number of nitrogens with two attached hydrogens (primary N) is 1. The lowest BCUT2D eigenvalue weighted by Crippen LogP contribution is -2.39. The van der Waals surface area contributed by atoms with Crippen LogP contribution in [0.4, 0.5) is 0 Å². The molecule has 1 aliphatic rings. The third kappa shape index (κ3) is 4.50. The molecule has 5 nitrogen and oxygen atoms in total. The lowest BCUT2D eigenvalue weighted by atomic mass is 9.99. The SMILES string of the molecule is CN1CCCC(CNS(=O)(=O)c2ccc(CN)cc2Br)C1. The van der Waals surface area contributed by atoms with Gasteiger partial charge in [-0.05, 0) is 66.0 Å². The van der Waals surface area contributed by atoms with Gasteiger partial charge in [-0.2, -0.15) is 0 Å². The van der Waals surface area contributed by atoms with Crippen molar-refractivity contribution in [1.29, 1.82) is 0 Å². The fraction of sp³-hybridized carbons (Fsp3) is 0.571. The maximum atomic E-state index is 12.4. The van der Waals surface area contributed by atoms with E-state index in [-0.39, 0.29) is 4.90 Å². The van der Waals surface area contributed by atoms with Crippen molar-refractivity contribution in [2.24, 2.45) is 11.7 Å². The molecular weight excluding hydrogens is 354 g/mol. The van der Waals surface area contributed by atoms with E-state index in [0.29, 0.717) is 23.5 Å². The minimum absolute atomic E-state index is 0.267. The Bertz CT molecular complexity index is 592. The van der Waals surface area contributed by atoms with Gasteiger partial charge in [0.2, 0.25) is 10.0 Å². The fourth-order valence-corrected chi connectivity index (χ4v) is 4.87. The van der Waals surface area contributed by atoms with Crippen molar-refractivity contribution in [1.82, 2.24) is 9.62 Å². The van der Waals surface area contributed by atoms with Gasteiger partial charge in [0.1, 0.15) is 0 Å². The first-order chi connectivity index (χ1) is 9.92. The highest BCUT2D eigenvalue weighted by Gasteiger charge is 2.22. The van der Waals surface area contributed by atoms with Crippen LogP contribution >= 0.6 is 15.9 Å². The Hall–Kier alpha value is -0.470.